The number of hydrogen-bond donors (Lipinski definition) is 1. The molecular weight excluding hydrogens is 305 g/mol. The molecule has 0 aliphatic rings. The van der Waals surface area contributed by atoms with E-state index in [1.807, 2.05) is 0 Å². The van der Waals surface area contributed by atoms with Crippen LogP contribution in [-0.4, -0.2) is 55.7 Å². The molecule has 0 saturated carbocycles. The summed E-state index contributed by atoms with van der Waals surface area (Å²) in [4.78, 5) is 24.5. The van der Waals surface area contributed by atoms with Crippen molar-refractivity contribution in [1.29, 1.82) is 0 Å². The zero-order valence-electron chi connectivity index (χ0n) is 12.7. The van der Waals surface area contributed by atoms with Crippen LogP contribution in [0.2, 0.25) is 0 Å². The molecule has 1 N–H and O–H groups in total. The second-order valence-corrected chi connectivity index (χ2v) is 5.11. The van der Waals surface area contributed by atoms with E-state index in [2.05, 4.69) is 15.5 Å². The van der Waals surface area contributed by atoms with Gasteiger partial charge in [-0.05, 0) is 35.0 Å². The molecule has 0 fully saturated rings. The number of aromatic nitrogens is 4. The third kappa shape index (κ3) is 4.09. The summed E-state index contributed by atoms with van der Waals surface area (Å²) in [7, 11) is 1.40. The van der Waals surface area contributed by atoms with Crippen LogP contribution in [0.15, 0.2) is 24.3 Å². The van der Waals surface area contributed by atoms with Gasteiger partial charge in [0.05, 0.1) is 0 Å². The van der Waals surface area contributed by atoms with E-state index in [0.29, 0.717) is 11.4 Å². The number of hydrogen-bond acceptors (Lipinski definition) is 5. The number of benzene rings is 1. The van der Waals surface area contributed by atoms with Crippen LogP contribution in [0.25, 0.3) is 0 Å². The van der Waals surface area contributed by atoms with Crippen LogP contribution in [0.5, 0.6) is 0 Å². The molecule has 0 aliphatic heterocycles. The Labute approximate surface area is 131 Å². The predicted octanol–water partition coefficient (Wildman–Crippen LogP) is 0.447. The minimum Gasteiger partial charge on any atom is -0.480 e. The molecule has 2 aromatic rings. The maximum atomic E-state index is 13.0. The van der Waals surface area contributed by atoms with E-state index in [-0.39, 0.29) is 12.2 Å². The molecule has 1 heterocycles. The van der Waals surface area contributed by atoms with E-state index in [0.717, 1.165) is 4.90 Å². The van der Waals surface area contributed by atoms with Crippen LogP contribution in [0, 0.1) is 12.7 Å². The first-order valence-electron chi connectivity index (χ1n) is 6.84. The summed E-state index contributed by atoms with van der Waals surface area (Å²) in [6.45, 7) is 1.21. The number of aliphatic carboxylic acids is 1. The van der Waals surface area contributed by atoms with Gasteiger partial charge in [-0.2, -0.15) is 0 Å². The number of carboxylic acids is 1. The molecule has 2 rings (SSSR count). The van der Waals surface area contributed by atoms with Gasteiger partial charge in [0.2, 0.25) is 5.91 Å². The Bertz CT molecular complexity index is 701. The molecule has 1 unspecified atom stereocenters. The summed E-state index contributed by atoms with van der Waals surface area (Å²) in [5.41, 5.74) is 0.711. The largest absolute Gasteiger partial charge is 0.480 e. The van der Waals surface area contributed by atoms with Gasteiger partial charge in [0.15, 0.2) is 0 Å². The zero-order chi connectivity index (χ0) is 17.0. The van der Waals surface area contributed by atoms with Gasteiger partial charge in [-0.25, -0.2) is 9.07 Å². The highest BCUT2D eigenvalue weighted by atomic mass is 19.1. The average Bonchev–Trinajstić information content (AvgIpc) is 2.91. The van der Waals surface area contributed by atoms with Gasteiger partial charge in [-0.15, -0.1) is 5.10 Å². The fourth-order valence-corrected chi connectivity index (χ4v) is 2.18. The zero-order valence-corrected chi connectivity index (χ0v) is 12.7. The molecule has 0 spiro atoms. The first-order valence-corrected chi connectivity index (χ1v) is 6.84. The van der Waals surface area contributed by atoms with Crippen molar-refractivity contribution in [2.24, 2.45) is 0 Å². The third-order valence-electron chi connectivity index (χ3n) is 3.33. The Morgan fingerprint density at radius 3 is 2.52 bits per heavy atom. The highest BCUT2D eigenvalue weighted by Crippen LogP contribution is 2.17. The lowest BCUT2D eigenvalue weighted by Crippen LogP contribution is -2.39. The normalized spacial score (nSPS) is 12.0. The maximum Gasteiger partial charge on any atom is 0.323 e. The number of rotatable bonds is 6. The summed E-state index contributed by atoms with van der Waals surface area (Å²) in [6, 6.07) is 4.91. The molecule has 122 valence electrons. The van der Waals surface area contributed by atoms with Crippen molar-refractivity contribution in [3.8, 4) is 0 Å². The maximum absolute atomic E-state index is 13.0. The minimum atomic E-state index is -1.12. The number of carbonyl (C=O) groups excluding carboxylic acids is 1. The lowest BCUT2D eigenvalue weighted by Gasteiger charge is -2.23. The Morgan fingerprint density at radius 1 is 1.35 bits per heavy atom. The van der Waals surface area contributed by atoms with Crippen LogP contribution in [0.3, 0.4) is 0 Å². The van der Waals surface area contributed by atoms with Gasteiger partial charge in [-0.1, -0.05) is 12.1 Å². The number of amides is 1. The number of nitrogens with zero attached hydrogens (tertiary/aromatic N) is 5. The number of halogens is 1. The summed E-state index contributed by atoms with van der Waals surface area (Å²) >= 11 is 0. The molecule has 0 radical (unpaired) electrons. The van der Waals surface area contributed by atoms with Crippen molar-refractivity contribution in [2.45, 2.75) is 19.4 Å². The van der Waals surface area contributed by atoms with E-state index >= 15 is 0 Å². The van der Waals surface area contributed by atoms with Gasteiger partial charge in [0, 0.05) is 13.5 Å². The van der Waals surface area contributed by atoms with Crippen molar-refractivity contribution >= 4 is 11.9 Å². The second-order valence-electron chi connectivity index (χ2n) is 5.11. The smallest absolute Gasteiger partial charge is 0.323 e. The van der Waals surface area contributed by atoms with Gasteiger partial charge >= 0.3 is 5.97 Å². The number of tetrazole rings is 1. The fraction of sp³-hybridized carbons (Fsp3) is 0.357. The lowest BCUT2D eigenvalue weighted by molar-refractivity contribution is -0.145. The Balaban J connectivity index is 2.28. The summed E-state index contributed by atoms with van der Waals surface area (Å²) < 4.78 is 14.4. The molecule has 1 aromatic heterocycles. The van der Waals surface area contributed by atoms with E-state index in [9.17, 15) is 14.0 Å². The van der Waals surface area contributed by atoms with Gasteiger partial charge < -0.3 is 10.0 Å². The SMILES string of the molecule is Cc1nnnn1C(Cc1ccc(F)cc1)C(=O)N(C)CC(=O)O. The van der Waals surface area contributed by atoms with Crippen LogP contribution < -0.4 is 0 Å². The molecule has 8 nitrogen and oxygen atoms in total. The molecule has 9 heteroatoms. The number of carboxylic acid groups (broad SMARTS) is 1. The van der Waals surface area contributed by atoms with Crippen molar-refractivity contribution in [1.82, 2.24) is 25.1 Å². The van der Waals surface area contributed by atoms with E-state index in [1.165, 1.54) is 23.9 Å². The Kier molecular flexibility index (Phi) is 4.99. The van der Waals surface area contributed by atoms with Crippen LogP contribution >= 0.6 is 0 Å². The van der Waals surface area contributed by atoms with Gasteiger partial charge in [0.25, 0.3) is 0 Å². The van der Waals surface area contributed by atoms with E-state index < -0.39 is 24.5 Å². The highest BCUT2D eigenvalue weighted by molar-refractivity contribution is 5.84. The van der Waals surface area contributed by atoms with Crippen molar-refractivity contribution in [3.05, 3.63) is 41.5 Å². The molecule has 0 bridgehead atoms. The summed E-state index contributed by atoms with van der Waals surface area (Å²) in [5.74, 6) is -1.51. The molecule has 1 amide bonds. The molecule has 1 atom stereocenters. The van der Waals surface area contributed by atoms with Crippen molar-refractivity contribution in [2.75, 3.05) is 13.6 Å². The first-order chi connectivity index (χ1) is 10.9. The Hall–Kier alpha value is -2.84. The monoisotopic (exact) mass is 321 g/mol. The lowest BCUT2D eigenvalue weighted by atomic mass is 10.0. The number of likely N-dealkylation sites (N-methyl/N-ethyl adjacent to an activating group) is 1. The highest BCUT2D eigenvalue weighted by Gasteiger charge is 2.27. The van der Waals surface area contributed by atoms with Gasteiger partial charge in [0.1, 0.15) is 24.2 Å². The number of aryl methyl sites for hydroxylation is 1. The summed E-state index contributed by atoms with van der Waals surface area (Å²) in [6.07, 6.45) is 0.217. The van der Waals surface area contributed by atoms with Gasteiger partial charge in [-0.3, -0.25) is 9.59 Å². The van der Waals surface area contributed by atoms with Crippen LogP contribution in [-0.2, 0) is 16.0 Å². The quantitative estimate of drug-likeness (QED) is 0.829. The first kappa shape index (κ1) is 16.5. The van der Waals surface area contributed by atoms with Crippen molar-refractivity contribution < 1.29 is 19.1 Å². The van der Waals surface area contributed by atoms with Crippen LogP contribution in [0.4, 0.5) is 4.39 Å². The average molecular weight is 321 g/mol. The molecule has 0 aliphatic carbocycles. The molecule has 0 saturated heterocycles. The standard InChI is InChI=1S/C14H16FN5O3/c1-9-16-17-18-20(9)12(14(23)19(2)8-13(21)22)7-10-3-5-11(15)6-4-10/h3-6,12H,7-8H2,1-2H3,(H,21,22). The third-order valence-corrected chi connectivity index (χ3v) is 3.33. The predicted molar refractivity (Wildman–Crippen MR) is 77.0 cm³/mol. The molecular formula is C14H16FN5O3. The van der Waals surface area contributed by atoms with Crippen LogP contribution in [0.1, 0.15) is 17.4 Å². The summed E-state index contributed by atoms with van der Waals surface area (Å²) in [5, 5.41) is 19.9. The number of carbonyl (C=O) groups is 2. The van der Waals surface area contributed by atoms with E-state index in [1.54, 1.807) is 19.1 Å². The molecule has 1 aromatic carbocycles. The Morgan fingerprint density at radius 2 is 2.00 bits per heavy atom. The minimum absolute atomic E-state index is 0.217. The van der Waals surface area contributed by atoms with E-state index in [4.69, 9.17) is 5.11 Å². The fourth-order valence-electron chi connectivity index (χ4n) is 2.18. The topological polar surface area (TPSA) is 101 Å². The molecule has 23 heavy (non-hydrogen) atoms. The second kappa shape index (κ2) is 6.95. The van der Waals surface area contributed by atoms with Crippen molar-refractivity contribution in [3.63, 3.8) is 0 Å².